The van der Waals surface area contributed by atoms with Gasteiger partial charge in [0, 0.05) is 12.8 Å². The molecule has 0 aliphatic carbocycles. The van der Waals surface area contributed by atoms with Crippen LogP contribution in [0.2, 0.25) is 0 Å². The number of unbranched alkanes of at least 4 members (excludes halogenated alkanes) is 17. The minimum atomic E-state index is -0.673. The molecule has 0 aromatic rings. The highest BCUT2D eigenvalue weighted by Crippen LogP contribution is 2.18. The first-order valence-corrected chi connectivity index (χ1v) is 20.3. The van der Waals surface area contributed by atoms with Gasteiger partial charge in [0.15, 0.2) is 0 Å². The summed E-state index contributed by atoms with van der Waals surface area (Å²) in [6, 6.07) is 0. The first kappa shape index (κ1) is 45.6. The molecule has 4 nitrogen and oxygen atoms in total. The second kappa shape index (κ2) is 39.1. The summed E-state index contributed by atoms with van der Waals surface area (Å²) in [5.74, 6) is -0.666. The normalized spacial score (nSPS) is 12.9. The molecule has 1 N–H and O–H groups in total. The summed E-state index contributed by atoms with van der Waals surface area (Å²) in [7, 11) is 0. The van der Waals surface area contributed by atoms with Crippen LogP contribution in [0.4, 0.5) is 0 Å². The van der Waals surface area contributed by atoms with Gasteiger partial charge in [-0.3, -0.25) is 9.59 Å². The number of carboxylic acids is 1. The molecule has 0 aliphatic rings. The van der Waals surface area contributed by atoms with Gasteiger partial charge >= 0.3 is 11.9 Å². The van der Waals surface area contributed by atoms with Crippen LogP contribution in [0.1, 0.15) is 200 Å². The van der Waals surface area contributed by atoms with E-state index in [0.29, 0.717) is 12.8 Å². The van der Waals surface area contributed by atoms with Crippen molar-refractivity contribution < 1.29 is 19.4 Å². The average Bonchev–Trinajstić information content (AvgIpc) is 3.07. The molecule has 276 valence electrons. The zero-order valence-corrected chi connectivity index (χ0v) is 31.5. The van der Waals surface area contributed by atoms with Crippen LogP contribution >= 0.6 is 0 Å². The highest BCUT2D eigenvalue weighted by atomic mass is 16.5. The fourth-order valence-corrected chi connectivity index (χ4v) is 5.80. The maximum absolute atomic E-state index is 12.6. The zero-order chi connectivity index (χ0) is 35.0. The number of esters is 1. The van der Waals surface area contributed by atoms with Gasteiger partial charge < -0.3 is 9.84 Å². The highest BCUT2D eigenvalue weighted by molar-refractivity contribution is 5.69. The number of carbonyl (C=O) groups is 2. The van der Waals surface area contributed by atoms with Gasteiger partial charge in [-0.2, -0.15) is 0 Å². The van der Waals surface area contributed by atoms with Gasteiger partial charge in [0.25, 0.3) is 0 Å². The van der Waals surface area contributed by atoms with E-state index in [-0.39, 0.29) is 12.1 Å². The molecule has 0 fully saturated rings. The minimum absolute atomic E-state index is 0.00672. The van der Waals surface area contributed by atoms with Crippen LogP contribution in [-0.2, 0) is 14.3 Å². The Balaban J connectivity index is 3.90. The Hall–Kier alpha value is -2.36. The van der Waals surface area contributed by atoms with Crippen LogP contribution in [0.15, 0.2) is 60.8 Å². The summed E-state index contributed by atoms with van der Waals surface area (Å²) in [5.41, 5.74) is 0. The summed E-state index contributed by atoms with van der Waals surface area (Å²) in [4.78, 5) is 23.2. The molecule has 0 aliphatic heterocycles. The predicted octanol–water partition coefficient (Wildman–Crippen LogP) is 14.1. The lowest BCUT2D eigenvalue weighted by Crippen LogP contribution is -2.18. The third-order valence-corrected chi connectivity index (χ3v) is 8.75. The highest BCUT2D eigenvalue weighted by Gasteiger charge is 2.14. The van der Waals surface area contributed by atoms with Crippen molar-refractivity contribution in [2.75, 3.05) is 0 Å². The molecule has 1 atom stereocenters. The van der Waals surface area contributed by atoms with Crippen LogP contribution in [-0.4, -0.2) is 23.1 Å². The van der Waals surface area contributed by atoms with Gasteiger partial charge in [-0.15, -0.1) is 0 Å². The van der Waals surface area contributed by atoms with E-state index in [2.05, 4.69) is 74.6 Å². The van der Waals surface area contributed by atoms with Gasteiger partial charge in [0.1, 0.15) is 6.10 Å². The Morgan fingerprint density at radius 2 is 0.875 bits per heavy atom. The molecule has 0 heterocycles. The van der Waals surface area contributed by atoms with E-state index < -0.39 is 5.97 Å². The molecular weight excluding hydrogens is 592 g/mol. The lowest BCUT2D eigenvalue weighted by atomic mass is 10.0. The van der Waals surface area contributed by atoms with E-state index in [4.69, 9.17) is 9.84 Å². The maximum atomic E-state index is 12.6. The number of hydrogen-bond acceptors (Lipinski definition) is 3. The molecule has 48 heavy (non-hydrogen) atoms. The van der Waals surface area contributed by atoms with Crippen molar-refractivity contribution in [1.29, 1.82) is 0 Å². The third-order valence-electron chi connectivity index (χ3n) is 8.75. The van der Waals surface area contributed by atoms with Crippen LogP contribution in [0.5, 0.6) is 0 Å². The number of rotatable bonds is 36. The molecule has 0 saturated heterocycles. The molecule has 0 radical (unpaired) electrons. The molecule has 0 amide bonds. The number of carboxylic acid groups (broad SMARTS) is 1. The molecule has 1 unspecified atom stereocenters. The van der Waals surface area contributed by atoms with E-state index in [0.717, 1.165) is 89.9 Å². The number of carbonyl (C=O) groups excluding carboxylic acids is 1. The van der Waals surface area contributed by atoms with Crippen molar-refractivity contribution in [3.63, 3.8) is 0 Å². The summed E-state index contributed by atoms with van der Waals surface area (Å²) < 4.78 is 5.99. The molecule has 0 spiro atoms. The van der Waals surface area contributed by atoms with E-state index >= 15 is 0 Å². The van der Waals surface area contributed by atoms with Crippen molar-refractivity contribution in [2.24, 2.45) is 0 Å². The largest absolute Gasteiger partial charge is 0.481 e. The average molecular weight is 669 g/mol. The first-order valence-electron chi connectivity index (χ1n) is 20.3. The molecule has 0 aromatic carbocycles. The van der Waals surface area contributed by atoms with Gasteiger partial charge in [-0.25, -0.2) is 0 Å². The van der Waals surface area contributed by atoms with Gasteiger partial charge in [-0.05, 0) is 83.5 Å². The predicted molar refractivity (Wildman–Crippen MR) is 208 cm³/mol. The fourth-order valence-electron chi connectivity index (χ4n) is 5.80. The number of allylic oxidation sites excluding steroid dienone is 10. The molecule has 0 saturated carbocycles. The maximum Gasteiger partial charge on any atom is 0.306 e. The number of aliphatic carboxylic acids is 1. The topological polar surface area (TPSA) is 63.6 Å². The minimum Gasteiger partial charge on any atom is -0.481 e. The number of ether oxygens (including phenoxy) is 1. The van der Waals surface area contributed by atoms with Crippen molar-refractivity contribution in [3.05, 3.63) is 60.8 Å². The molecule has 0 rings (SSSR count). The van der Waals surface area contributed by atoms with Crippen LogP contribution in [0, 0.1) is 0 Å². The third kappa shape index (κ3) is 38.1. The van der Waals surface area contributed by atoms with E-state index in [9.17, 15) is 9.59 Å². The van der Waals surface area contributed by atoms with Crippen LogP contribution < -0.4 is 0 Å². The molecule has 0 aromatic heterocycles. The summed E-state index contributed by atoms with van der Waals surface area (Å²) in [6.45, 7) is 4.40. The summed E-state index contributed by atoms with van der Waals surface area (Å²) >= 11 is 0. The van der Waals surface area contributed by atoms with Crippen molar-refractivity contribution >= 4 is 11.9 Å². The van der Waals surface area contributed by atoms with Gasteiger partial charge in [-0.1, -0.05) is 164 Å². The quantitative estimate of drug-likeness (QED) is 0.0410. The van der Waals surface area contributed by atoms with Gasteiger partial charge in [0.2, 0.25) is 0 Å². The summed E-state index contributed by atoms with van der Waals surface area (Å²) in [6.07, 6.45) is 54.1. The standard InChI is InChI=1S/C44H76O4/c1-3-5-7-9-10-11-12-13-14-15-16-17-18-19-24-27-30-33-37-41-44(47)48-42(38-34-8-6-4-2)39-35-31-28-25-22-20-21-23-26-29-32-36-40-43(45)46/h5,7,10-11,13-14,16-17,19,24,42H,3-4,6,8-9,12,15,18,20-23,25-41H2,1-2H3,(H,45,46)/b7-5-,11-10-,14-13-,17-16-,24-19-. The Bertz CT molecular complexity index is 850. The smallest absolute Gasteiger partial charge is 0.306 e. The summed E-state index contributed by atoms with van der Waals surface area (Å²) in [5, 5.41) is 8.69. The van der Waals surface area contributed by atoms with Crippen LogP contribution in [0.25, 0.3) is 0 Å². The van der Waals surface area contributed by atoms with Crippen molar-refractivity contribution in [2.45, 2.75) is 206 Å². The van der Waals surface area contributed by atoms with E-state index in [1.807, 2.05) is 0 Å². The van der Waals surface area contributed by atoms with Crippen LogP contribution in [0.3, 0.4) is 0 Å². The fraction of sp³-hybridized carbons (Fsp3) is 0.727. The zero-order valence-electron chi connectivity index (χ0n) is 31.5. The second-order valence-electron chi connectivity index (χ2n) is 13.4. The SMILES string of the molecule is CC/C=C\C/C=C\C/C=C\C/C=C\C/C=C\CCCCCC(=O)OC(CCCCCC)CCCCCCCCCCCCCCC(=O)O. The lowest BCUT2D eigenvalue weighted by Gasteiger charge is -2.18. The first-order chi connectivity index (χ1) is 23.6. The Kier molecular flexibility index (Phi) is 37.2. The molecule has 0 bridgehead atoms. The Labute approximate surface area is 297 Å². The van der Waals surface area contributed by atoms with Crippen molar-refractivity contribution in [3.8, 4) is 0 Å². The van der Waals surface area contributed by atoms with Crippen molar-refractivity contribution in [1.82, 2.24) is 0 Å². The van der Waals surface area contributed by atoms with E-state index in [1.165, 1.54) is 83.5 Å². The molecule has 4 heteroatoms. The lowest BCUT2D eigenvalue weighted by molar-refractivity contribution is -0.150. The number of hydrogen-bond donors (Lipinski definition) is 1. The van der Waals surface area contributed by atoms with E-state index in [1.54, 1.807) is 0 Å². The Morgan fingerprint density at radius 1 is 0.479 bits per heavy atom. The molecular formula is C44H76O4. The Morgan fingerprint density at radius 3 is 1.35 bits per heavy atom. The van der Waals surface area contributed by atoms with Gasteiger partial charge in [0.05, 0.1) is 0 Å². The second-order valence-corrected chi connectivity index (χ2v) is 13.4. The monoisotopic (exact) mass is 669 g/mol.